The first-order valence-electron chi connectivity index (χ1n) is 5.23. The van der Waals surface area contributed by atoms with E-state index in [9.17, 15) is 4.79 Å². The average molecular weight is 317 g/mol. The van der Waals surface area contributed by atoms with Crippen LogP contribution in [0.1, 0.15) is 10.5 Å². The minimum absolute atomic E-state index is 0.0488. The van der Waals surface area contributed by atoms with Crippen molar-refractivity contribution in [3.63, 3.8) is 0 Å². The van der Waals surface area contributed by atoms with Crippen molar-refractivity contribution in [3.8, 4) is 11.3 Å². The summed E-state index contributed by atoms with van der Waals surface area (Å²) < 4.78 is 4.62. The molecule has 0 spiro atoms. The minimum Gasteiger partial charge on any atom is -0.464 e. The molecule has 1 aromatic carbocycles. The summed E-state index contributed by atoms with van der Waals surface area (Å²) in [7, 11) is 1.27. The van der Waals surface area contributed by atoms with E-state index < -0.39 is 5.97 Å². The molecule has 0 bridgehead atoms. The third-order valence-corrected chi connectivity index (χ3v) is 3.28. The summed E-state index contributed by atoms with van der Waals surface area (Å²) in [6, 6.07) is 8.26. The first-order chi connectivity index (χ1) is 9.02. The molecule has 98 valence electrons. The average Bonchev–Trinajstić information content (AvgIpc) is 2.39. The number of carbonyl (C=O) groups excluding carboxylic acids is 1. The first kappa shape index (κ1) is 14.1. The van der Waals surface area contributed by atoms with Gasteiger partial charge in [0.2, 0.25) is 0 Å². The van der Waals surface area contributed by atoms with Gasteiger partial charge in [-0.1, -0.05) is 34.8 Å². The second-order valence-corrected chi connectivity index (χ2v) is 4.89. The molecule has 19 heavy (non-hydrogen) atoms. The van der Waals surface area contributed by atoms with Crippen LogP contribution < -0.4 is 0 Å². The van der Waals surface area contributed by atoms with Crippen molar-refractivity contribution in [2.75, 3.05) is 7.11 Å². The van der Waals surface area contributed by atoms with Crippen molar-refractivity contribution < 1.29 is 9.53 Å². The van der Waals surface area contributed by atoms with Gasteiger partial charge in [0, 0.05) is 10.6 Å². The van der Waals surface area contributed by atoms with Gasteiger partial charge in [-0.3, -0.25) is 0 Å². The van der Waals surface area contributed by atoms with Crippen LogP contribution in [0.4, 0.5) is 0 Å². The fraction of sp³-hybridized carbons (Fsp3) is 0.0769. The molecule has 0 unspecified atom stereocenters. The summed E-state index contributed by atoms with van der Waals surface area (Å²) in [6.45, 7) is 0. The molecule has 2 aromatic rings. The Kier molecular flexibility index (Phi) is 4.30. The lowest BCUT2D eigenvalue weighted by Gasteiger charge is -2.07. The monoisotopic (exact) mass is 315 g/mol. The lowest BCUT2D eigenvalue weighted by Crippen LogP contribution is -2.06. The second-order valence-electron chi connectivity index (χ2n) is 3.64. The molecule has 0 aliphatic heterocycles. The van der Waals surface area contributed by atoms with Crippen LogP contribution in [0.5, 0.6) is 0 Å². The number of hydrogen-bond acceptors (Lipinski definition) is 3. The summed E-state index contributed by atoms with van der Waals surface area (Å²) >= 11 is 17.8. The summed E-state index contributed by atoms with van der Waals surface area (Å²) in [6.07, 6.45) is 0. The molecule has 0 saturated heterocycles. The van der Waals surface area contributed by atoms with Crippen LogP contribution in [0.15, 0.2) is 30.3 Å². The molecule has 1 heterocycles. The molecule has 2 rings (SSSR count). The molecule has 1 aromatic heterocycles. The van der Waals surface area contributed by atoms with Gasteiger partial charge in [0.1, 0.15) is 0 Å². The summed E-state index contributed by atoms with van der Waals surface area (Å²) in [4.78, 5) is 15.7. The van der Waals surface area contributed by atoms with Crippen molar-refractivity contribution in [1.29, 1.82) is 0 Å². The molecule has 0 N–H and O–H groups in total. The zero-order valence-corrected chi connectivity index (χ0v) is 12.1. The smallest absolute Gasteiger partial charge is 0.358 e. The van der Waals surface area contributed by atoms with Gasteiger partial charge in [0.15, 0.2) is 5.69 Å². The Morgan fingerprint density at radius 3 is 2.47 bits per heavy atom. The van der Waals surface area contributed by atoms with Crippen molar-refractivity contribution in [2.24, 2.45) is 0 Å². The van der Waals surface area contributed by atoms with Gasteiger partial charge in [-0.2, -0.15) is 0 Å². The van der Waals surface area contributed by atoms with E-state index in [4.69, 9.17) is 34.8 Å². The highest BCUT2D eigenvalue weighted by Gasteiger charge is 2.15. The fourth-order valence-electron chi connectivity index (χ4n) is 1.53. The number of halogens is 3. The third-order valence-electron chi connectivity index (χ3n) is 2.43. The van der Waals surface area contributed by atoms with E-state index in [2.05, 4.69) is 9.72 Å². The number of aromatic nitrogens is 1. The highest BCUT2D eigenvalue weighted by atomic mass is 35.5. The summed E-state index contributed by atoms with van der Waals surface area (Å²) in [5.41, 5.74) is 1.23. The van der Waals surface area contributed by atoms with Crippen molar-refractivity contribution in [2.45, 2.75) is 0 Å². The van der Waals surface area contributed by atoms with Gasteiger partial charge < -0.3 is 4.74 Å². The fourth-order valence-corrected chi connectivity index (χ4v) is 2.22. The Labute approximate surface area is 125 Å². The Morgan fingerprint density at radius 1 is 1.11 bits per heavy atom. The lowest BCUT2D eigenvalue weighted by atomic mass is 10.1. The lowest BCUT2D eigenvalue weighted by molar-refractivity contribution is 0.0594. The minimum atomic E-state index is -0.600. The van der Waals surface area contributed by atoms with E-state index in [0.29, 0.717) is 21.3 Å². The van der Waals surface area contributed by atoms with Gasteiger partial charge in [0.25, 0.3) is 0 Å². The number of rotatable bonds is 2. The van der Waals surface area contributed by atoms with Crippen LogP contribution >= 0.6 is 34.8 Å². The zero-order valence-electron chi connectivity index (χ0n) is 9.78. The number of nitrogens with zero attached hydrogens (tertiary/aromatic N) is 1. The maximum absolute atomic E-state index is 11.5. The molecule has 0 aliphatic rings. The normalized spacial score (nSPS) is 10.3. The summed E-state index contributed by atoms with van der Waals surface area (Å²) in [5, 5.41) is 1.19. The number of pyridine rings is 1. The highest BCUT2D eigenvalue weighted by molar-refractivity contribution is 6.36. The molecular weight excluding hydrogens is 309 g/mol. The Morgan fingerprint density at radius 2 is 1.84 bits per heavy atom. The number of methoxy groups -OCH3 is 1. The number of benzene rings is 1. The number of ether oxygens (including phenoxy) is 1. The molecule has 0 aliphatic carbocycles. The molecular formula is C13H8Cl3NO2. The van der Waals surface area contributed by atoms with Gasteiger partial charge in [0.05, 0.1) is 22.8 Å². The van der Waals surface area contributed by atoms with Crippen LogP contribution in [0.3, 0.4) is 0 Å². The molecule has 0 fully saturated rings. The van der Waals surface area contributed by atoms with Gasteiger partial charge in [-0.25, -0.2) is 9.78 Å². The molecule has 0 radical (unpaired) electrons. The van der Waals surface area contributed by atoms with Gasteiger partial charge >= 0.3 is 5.97 Å². The molecule has 0 atom stereocenters. The molecule has 0 saturated carbocycles. The Hall–Kier alpha value is -1.29. The van der Waals surface area contributed by atoms with Gasteiger partial charge in [-0.05, 0) is 30.3 Å². The van der Waals surface area contributed by atoms with E-state index in [1.807, 2.05) is 0 Å². The Balaban J connectivity index is 2.54. The van der Waals surface area contributed by atoms with Crippen LogP contribution in [-0.4, -0.2) is 18.1 Å². The highest BCUT2D eigenvalue weighted by Crippen LogP contribution is 2.30. The van der Waals surface area contributed by atoms with E-state index >= 15 is 0 Å². The van der Waals surface area contributed by atoms with E-state index in [1.165, 1.54) is 7.11 Å². The standard InChI is InChI=1S/C13H8Cl3NO2/c1-19-13(18)12-9(15)4-5-11(17-12)8-3-2-7(14)6-10(8)16/h2-6H,1H3. The Bertz CT molecular complexity index is 644. The first-order valence-corrected chi connectivity index (χ1v) is 6.36. The van der Waals surface area contributed by atoms with Crippen LogP contribution in [0.25, 0.3) is 11.3 Å². The van der Waals surface area contributed by atoms with Crippen LogP contribution in [0.2, 0.25) is 15.1 Å². The zero-order chi connectivity index (χ0) is 14.0. The van der Waals surface area contributed by atoms with Crippen molar-refractivity contribution in [1.82, 2.24) is 4.98 Å². The number of hydrogen-bond donors (Lipinski definition) is 0. The van der Waals surface area contributed by atoms with Crippen LogP contribution in [0, 0.1) is 0 Å². The predicted molar refractivity (Wildman–Crippen MR) is 76.0 cm³/mol. The maximum atomic E-state index is 11.5. The number of esters is 1. The quantitative estimate of drug-likeness (QED) is 0.766. The summed E-state index contributed by atoms with van der Waals surface area (Å²) in [5.74, 6) is -0.600. The maximum Gasteiger partial charge on any atom is 0.358 e. The van der Waals surface area contributed by atoms with Crippen LogP contribution in [-0.2, 0) is 4.74 Å². The van der Waals surface area contributed by atoms with E-state index in [1.54, 1.807) is 30.3 Å². The molecule has 0 amide bonds. The third kappa shape index (κ3) is 3.00. The topological polar surface area (TPSA) is 39.2 Å². The second kappa shape index (κ2) is 5.78. The molecule has 3 nitrogen and oxygen atoms in total. The van der Waals surface area contributed by atoms with Crippen molar-refractivity contribution in [3.05, 3.63) is 51.1 Å². The number of carbonyl (C=O) groups is 1. The van der Waals surface area contributed by atoms with E-state index in [-0.39, 0.29) is 10.7 Å². The van der Waals surface area contributed by atoms with E-state index in [0.717, 1.165) is 0 Å². The predicted octanol–water partition coefficient (Wildman–Crippen LogP) is 4.50. The molecule has 6 heteroatoms. The largest absolute Gasteiger partial charge is 0.464 e. The van der Waals surface area contributed by atoms with Crippen molar-refractivity contribution >= 4 is 40.8 Å². The van der Waals surface area contributed by atoms with Gasteiger partial charge in [-0.15, -0.1) is 0 Å². The SMILES string of the molecule is COC(=O)c1nc(-c2ccc(Cl)cc2Cl)ccc1Cl.